The highest BCUT2D eigenvalue weighted by Crippen LogP contribution is 2.36. The summed E-state index contributed by atoms with van der Waals surface area (Å²) in [4.78, 5) is 52.1. The van der Waals surface area contributed by atoms with Crippen molar-refractivity contribution in [2.24, 2.45) is 0 Å². The monoisotopic (exact) mass is 564 g/mol. The summed E-state index contributed by atoms with van der Waals surface area (Å²) < 4.78 is 16.1. The Morgan fingerprint density at radius 2 is 1.88 bits per heavy atom. The molecule has 1 aromatic heterocycles. The predicted octanol–water partition coefficient (Wildman–Crippen LogP) is 4.38. The Balaban J connectivity index is 1.23. The molecule has 12 nitrogen and oxygen atoms in total. The minimum atomic E-state index is -0.638. The highest BCUT2D eigenvalue weighted by Gasteiger charge is 2.36. The number of thioether (sulfide) groups is 1. The Morgan fingerprint density at radius 1 is 1.12 bits per heavy atom. The lowest BCUT2D eigenvalue weighted by Gasteiger charge is -2.28. The van der Waals surface area contributed by atoms with Crippen LogP contribution in [0.25, 0.3) is 17.4 Å². The molecule has 2 saturated heterocycles. The Morgan fingerprint density at radius 3 is 2.58 bits per heavy atom. The lowest BCUT2D eigenvalue weighted by molar-refractivity contribution is -0.384. The van der Waals surface area contributed by atoms with Crippen molar-refractivity contribution in [2.75, 3.05) is 50.2 Å². The van der Waals surface area contributed by atoms with Crippen LogP contribution in [0.1, 0.15) is 5.76 Å². The SMILES string of the molecule is COc1ccc(-c2ccc(/C=C3/SC(=O)N(CC(=O)Nc4ccc(N5CCOCC5)cc4)C3=O)o2)c([N+](=O)[O-])c1. The number of furan rings is 1. The van der Waals surface area contributed by atoms with Crippen molar-refractivity contribution in [1.29, 1.82) is 0 Å². The van der Waals surface area contributed by atoms with Crippen molar-refractivity contribution in [3.05, 3.63) is 75.4 Å². The summed E-state index contributed by atoms with van der Waals surface area (Å²) in [6, 6.07) is 14.7. The van der Waals surface area contributed by atoms with E-state index in [1.54, 1.807) is 18.2 Å². The van der Waals surface area contributed by atoms with E-state index in [4.69, 9.17) is 13.9 Å². The van der Waals surface area contributed by atoms with Gasteiger partial charge in [-0.05, 0) is 60.3 Å². The van der Waals surface area contributed by atoms with E-state index in [9.17, 15) is 24.5 Å². The van der Waals surface area contributed by atoms with Gasteiger partial charge in [-0.15, -0.1) is 0 Å². The van der Waals surface area contributed by atoms with Gasteiger partial charge in [0.05, 0.1) is 41.8 Å². The minimum absolute atomic E-state index is 0.0674. The molecule has 0 radical (unpaired) electrons. The first-order chi connectivity index (χ1) is 19.3. The third-order valence-electron chi connectivity index (χ3n) is 6.27. The van der Waals surface area contributed by atoms with Gasteiger partial charge in [0.1, 0.15) is 23.8 Å². The normalized spacial score (nSPS) is 16.5. The van der Waals surface area contributed by atoms with Gasteiger partial charge in [-0.1, -0.05) is 0 Å². The predicted molar refractivity (Wildman–Crippen MR) is 148 cm³/mol. The fraction of sp³-hybridized carbons (Fsp3) is 0.222. The number of benzene rings is 2. The van der Waals surface area contributed by atoms with E-state index in [0.29, 0.717) is 36.4 Å². The molecule has 206 valence electrons. The largest absolute Gasteiger partial charge is 0.497 e. The molecule has 2 aromatic carbocycles. The number of nitrogens with zero attached hydrogens (tertiary/aromatic N) is 3. The molecule has 0 spiro atoms. The van der Waals surface area contributed by atoms with Gasteiger partial charge in [-0.25, -0.2) is 0 Å². The van der Waals surface area contributed by atoms with Crippen molar-refractivity contribution >= 4 is 52.0 Å². The number of carbonyl (C=O) groups is 3. The first-order valence-corrected chi connectivity index (χ1v) is 13.0. The molecule has 0 aliphatic carbocycles. The summed E-state index contributed by atoms with van der Waals surface area (Å²) in [6.45, 7) is 2.46. The number of nitro benzene ring substituents is 1. The lowest BCUT2D eigenvalue weighted by Crippen LogP contribution is -2.36. The maximum Gasteiger partial charge on any atom is 0.294 e. The van der Waals surface area contributed by atoms with Crippen LogP contribution in [0.4, 0.5) is 21.9 Å². The van der Waals surface area contributed by atoms with E-state index in [2.05, 4.69) is 10.2 Å². The number of morpholine rings is 1. The summed E-state index contributed by atoms with van der Waals surface area (Å²) in [6.07, 6.45) is 1.37. The molecule has 0 saturated carbocycles. The molecule has 2 aliphatic rings. The molecular formula is C27H24N4O8S. The van der Waals surface area contributed by atoms with Gasteiger partial charge in [-0.3, -0.25) is 29.4 Å². The highest BCUT2D eigenvalue weighted by atomic mass is 32.2. The molecule has 3 aromatic rings. The Labute approximate surface area is 232 Å². The van der Waals surface area contributed by atoms with Crippen LogP contribution in [0.5, 0.6) is 5.75 Å². The average Bonchev–Trinajstić information content (AvgIpc) is 3.53. The van der Waals surface area contributed by atoms with E-state index in [1.165, 1.54) is 37.5 Å². The van der Waals surface area contributed by atoms with Crippen LogP contribution >= 0.6 is 11.8 Å². The number of methoxy groups -OCH3 is 1. The van der Waals surface area contributed by atoms with Gasteiger partial charge in [-0.2, -0.15) is 0 Å². The van der Waals surface area contributed by atoms with E-state index in [0.717, 1.165) is 23.7 Å². The molecule has 40 heavy (non-hydrogen) atoms. The van der Waals surface area contributed by atoms with E-state index in [-0.39, 0.29) is 27.7 Å². The summed E-state index contributed by atoms with van der Waals surface area (Å²) in [5, 5.41) is 13.6. The average molecular weight is 565 g/mol. The van der Waals surface area contributed by atoms with E-state index in [1.807, 2.05) is 12.1 Å². The molecule has 3 heterocycles. The number of imide groups is 1. The molecule has 5 rings (SSSR count). The first-order valence-electron chi connectivity index (χ1n) is 12.2. The standard InChI is InChI=1S/C27H24N4O8S/c1-37-19-6-8-21(22(14-19)31(35)36)23-9-7-20(39-23)15-24-26(33)30(27(34)40-24)16-25(32)28-17-2-4-18(5-3-17)29-10-12-38-13-11-29/h2-9,14-15H,10-13,16H2,1H3,(H,28,32)/b24-15+. The second kappa shape index (κ2) is 11.6. The Hall–Kier alpha value is -4.62. The van der Waals surface area contributed by atoms with Crippen LogP contribution in [-0.2, 0) is 14.3 Å². The Kier molecular flexibility index (Phi) is 7.84. The molecule has 2 fully saturated rings. The number of ether oxygens (including phenoxy) is 2. The van der Waals surface area contributed by atoms with Crippen LogP contribution in [0.2, 0.25) is 0 Å². The number of hydrogen-bond acceptors (Lipinski definition) is 10. The van der Waals surface area contributed by atoms with Crippen molar-refractivity contribution in [1.82, 2.24) is 4.90 Å². The molecular weight excluding hydrogens is 540 g/mol. The maximum atomic E-state index is 12.9. The maximum absolute atomic E-state index is 12.9. The Bertz CT molecular complexity index is 1490. The number of hydrogen-bond donors (Lipinski definition) is 1. The molecule has 1 N–H and O–H groups in total. The molecule has 0 bridgehead atoms. The van der Waals surface area contributed by atoms with E-state index >= 15 is 0 Å². The quantitative estimate of drug-likeness (QED) is 0.238. The summed E-state index contributed by atoms with van der Waals surface area (Å²) in [7, 11) is 1.41. The number of rotatable bonds is 8. The molecule has 3 amide bonds. The van der Waals surface area contributed by atoms with Gasteiger partial charge in [0.2, 0.25) is 5.91 Å². The number of nitrogens with one attached hydrogen (secondary N) is 1. The lowest BCUT2D eigenvalue weighted by atomic mass is 10.1. The summed E-state index contributed by atoms with van der Waals surface area (Å²) >= 11 is 0.679. The first kappa shape index (κ1) is 27.0. The zero-order valence-corrected chi connectivity index (χ0v) is 22.1. The van der Waals surface area contributed by atoms with Crippen LogP contribution in [0.15, 0.2) is 63.9 Å². The van der Waals surface area contributed by atoms with Crippen LogP contribution in [-0.4, -0.2) is 66.8 Å². The van der Waals surface area contributed by atoms with E-state index < -0.39 is 28.5 Å². The molecule has 0 atom stereocenters. The second-order valence-electron chi connectivity index (χ2n) is 8.80. The number of amides is 3. The molecule has 0 unspecified atom stereocenters. The van der Waals surface area contributed by atoms with Gasteiger partial charge in [0.15, 0.2) is 0 Å². The van der Waals surface area contributed by atoms with Crippen molar-refractivity contribution in [3.63, 3.8) is 0 Å². The van der Waals surface area contributed by atoms with Crippen LogP contribution in [0.3, 0.4) is 0 Å². The third kappa shape index (κ3) is 5.84. The van der Waals surface area contributed by atoms with Crippen molar-refractivity contribution < 1.29 is 33.2 Å². The van der Waals surface area contributed by atoms with Crippen molar-refractivity contribution in [3.8, 4) is 17.1 Å². The molecule has 2 aliphatic heterocycles. The smallest absolute Gasteiger partial charge is 0.294 e. The molecule has 13 heteroatoms. The van der Waals surface area contributed by atoms with Gasteiger partial charge in [0, 0.05) is 30.5 Å². The fourth-order valence-electron chi connectivity index (χ4n) is 4.26. The minimum Gasteiger partial charge on any atom is -0.497 e. The number of carbonyl (C=O) groups excluding carboxylic acids is 3. The van der Waals surface area contributed by atoms with Crippen molar-refractivity contribution in [2.45, 2.75) is 0 Å². The third-order valence-corrected chi connectivity index (χ3v) is 7.18. The fourth-order valence-corrected chi connectivity index (χ4v) is 5.08. The van der Waals surface area contributed by atoms with Gasteiger partial charge in [0.25, 0.3) is 16.8 Å². The number of nitro groups is 1. The zero-order valence-electron chi connectivity index (χ0n) is 21.3. The van der Waals surface area contributed by atoms with Crippen LogP contribution < -0.4 is 15.0 Å². The second-order valence-corrected chi connectivity index (χ2v) is 9.80. The summed E-state index contributed by atoms with van der Waals surface area (Å²) in [5.74, 6) is -0.407. The van der Waals surface area contributed by atoms with Crippen LogP contribution in [0, 0.1) is 10.1 Å². The van der Waals surface area contributed by atoms with Gasteiger partial charge < -0.3 is 24.1 Å². The summed E-state index contributed by atoms with van der Waals surface area (Å²) in [5.41, 5.74) is 1.58. The number of anilines is 2. The highest BCUT2D eigenvalue weighted by molar-refractivity contribution is 8.18. The van der Waals surface area contributed by atoms with Gasteiger partial charge >= 0.3 is 0 Å². The topological polar surface area (TPSA) is 144 Å². The zero-order chi connectivity index (χ0) is 28.2.